The second kappa shape index (κ2) is 2.11. The van der Waals surface area contributed by atoms with E-state index in [4.69, 9.17) is 0 Å². The minimum Gasteiger partial charge on any atom is -0.339 e. The van der Waals surface area contributed by atoms with Crippen LogP contribution in [-0.2, 0) is 7.05 Å². The molecule has 57 valence electrons. The van der Waals surface area contributed by atoms with Gasteiger partial charge in [-0.3, -0.25) is 0 Å². The maximum atomic E-state index is 3.32. The van der Waals surface area contributed by atoms with Crippen LogP contribution in [-0.4, -0.2) is 4.57 Å². The minimum absolute atomic E-state index is 1.21. The third-order valence-electron chi connectivity index (χ3n) is 1.96. The van der Waals surface area contributed by atoms with Gasteiger partial charge in [0.05, 0.1) is 0 Å². The van der Waals surface area contributed by atoms with E-state index in [9.17, 15) is 0 Å². The van der Waals surface area contributed by atoms with E-state index in [0.29, 0.717) is 0 Å². The van der Waals surface area contributed by atoms with Gasteiger partial charge in [-0.1, -0.05) is 0 Å². The van der Waals surface area contributed by atoms with Crippen LogP contribution in [0.15, 0.2) is 6.07 Å². The van der Waals surface area contributed by atoms with Gasteiger partial charge in [-0.15, -0.1) is 11.3 Å². The molecule has 0 saturated carbocycles. The molecule has 0 N–H and O–H groups in total. The first-order chi connectivity index (χ1) is 5.18. The average Bonchev–Trinajstić information content (AvgIpc) is 2.37. The normalized spacial score (nSPS) is 11.2. The molecule has 2 rings (SSSR count). The van der Waals surface area contributed by atoms with Gasteiger partial charge in [-0.25, -0.2) is 0 Å². The van der Waals surface area contributed by atoms with Gasteiger partial charge in [-0.2, -0.15) is 0 Å². The molecule has 0 amide bonds. The first-order valence-electron chi connectivity index (χ1n) is 3.63. The number of nitrogens with zero attached hydrogens (tertiary/aromatic N) is 1. The van der Waals surface area contributed by atoms with Gasteiger partial charge in [0.15, 0.2) is 0 Å². The summed E-state index contributed by atoms with van der Waals surface area (Å²) in [4.78, 5) is 2.70. The zero-order valence-corrected chi connectivity index (χ0v) is 7.75. The number of hydrogen-bond acceptors (Lipinski definition) is 1. The predicted octanol–water partition coefficient (Wildman–Crippen LogP) is 2.66. The SMILES string of the molecule is Cc1cc2[c]c(C)n(C)c2s1. The topological polar surface area (TPSA) is 4.93 Å². The van der Waals surface area contributed by atoms with Crippen molar-refractivity contribution >= 4 is 21.6 Å². The summed E-state index contributed by atoms with van der Waals surface area (Å²) in [7, 11) is 2.09. The summed E-state index contributed by atoms with van der Waals surface area (Å²) in [5.74, 6) is 0. The lowest BCUT2D eigenvalue weighted by molar-refractivity contribution is 0.924. The Morgan fingerprint density at radius 2 is 2.18 bits per heavy atom. The molecule has 1 nitrogen and oxygen atoms in total. The number of aryl methyl sites for hydroxylation is 3. The van der Waals surface area contributed by atoms with E-state index in [1.54, 1.807) is 0 Å². The lowest BCUT2D eigenvalue weighted by Gasteiger charge is -1.93. The van der Waals surface area contributed by atoms with Crippen LogP contribution in [0, 0.1) is 19.9 Å². The molecule has 1 radical (unpaired) electrons. The van der Waals surface area contributed by atoms with Gasteiger partial charge >= 0.3 is 0 Å². The molecule has 0 aliphatic heterocycles. The highest BCUT2D eigenvalue weighted by Gasteiger charge is 2.04. The van der Waals surface area contributed by atoms with Crippen molar-refractivity contribution in [2.75, 3.05) is 0 Å². The Hall–Kier alpha value is -0.760. The summed E-state index contributed by atoms with van der Waals surface area (Å²) < 4.78 is 2.19. The third kappa shape index (κ3) is 0.897. The third-order valence-corrected chi connectivity index (χ3v) is 3.09. The van der Waals surface area contributed by atoms with E-state index < -0.39 is 0 Å². The molecule has 2 heteroatoms. The van der Waals surface area contributed by atoms with Gasteiger partial charge < -0.3 is 4.57 Å². The second-order valence-corrected chi connectivity index (χ2v) is 4.08. The van der Waals surface area contributed by atoms with Gasteiger partial charge in [0.1, 0.15) is 4.83 Å². The molecule has 2 aromatic rings. The molecule has 0 aliphatic rings. The van der Waals surface area contributed by atoms with Gasteiger partial charge in [0.2, 0.25) is 0 Å². The Balaban J connectivity index is 2.88. The fraction of sp³-hybridized carbons (Fsp3) is 0.333. The molecule has 11 heavy (non-hydrogen) atoms. The Kier molecular flexibility index (Phi) is 1.33. The van der Waals surface area contributed by atoms with Gasteiger partial charge in [0, 0.05) is 29.1 Å². The molecule has 2 aromatic heterocycles. The quantitative estimate of drug-likeness (QED) is 0.564. The van der Waals surface area contributed by atoms with Crippen molar-refractivity contribution in [3.05, 3.63) is 22.7 Å². The van der Waals surface area contributed by atoms with E-state index in [1.807, 2.05) is 11.3 Å². The molecule has 0 spiro atoms. The number of aromatic nitrogens is 1. The van der Waals surface area contributed by atoms with E-state index in [0.717, 1.165) is 0 Å². The Morgan fingerprint density at radius 3 is 2.82 bits per heavy atom. The van der Waals surface area contributed by atoms with Crippen molar-refractivity contribution in [3.8, 4) is 0 Å². The fourth-order valence-electron chi connectivity index (χ4n) is 1.27. The fourth-order valence-corrected chi connectivity index (χ4v) is 2.25. The van der Waals surface area contributed by atoms with Crippen LogP contribution >= 0.6 is 11.3 Å². The highest BCUT2D eigenvalue weighted by Crippen LogP contribution is 2.26. The van der Waals surface area contributed by atoms with Crippen LogP contribution < -0.4 is 0 Å². The first kappa shape index (κ1) is 6.92. The summed E-state index contributed by atoms with van der Waals surface area (Å²) in [6.45, 7) is 4.22. The molecule has 0 aliphatic carbocycles. The molecular formula is C9H10NS. The summed E-state index contributed by atoms with van der Waals surface area (Å²) in [6.07, 6.45) is 0. The lowest BCUT2D eigenvalue weighted by Crippen LogP contribution is -1.86. The van der Waals surface area contributed by atoms with E-state index in [-0.39, 0.29) is 0 Å². The van der Waals surface area contributed by atoms with Crippen LogP contribution in [0.3, 0.4) is 0 Å². The summed E-state index contributed by atoms with van der Waals surface area (Å²) >= 11 is 1.83. The molecule has 0 fully saturated rings. The van der Waals surface area contributed by atoms with Crippen molar-refractivity contribution in [1.29, 1.82) is 0 Å². The summed E-state index contributed by atoms with van der Waals surface area (Å²) in [5.41, 5.74) is 1.21. The monoisotopic (exact) mass is 164 g/mol. The number of rotatable bonds is 0. The van der Waals surface area contributed by atoms with Crippen molar-refractivity contribution < 1.29 is 0 Å². The average molecular weight is 164 g/mol. The molecule has 2 heterocycles. The first-order valence-corrected chi connectivity index (χ1v) is 4.45. The van der Waals surface area contributed by atoms with Crippen LogP contribution in [0.1, 0.15) is 10.6 Å². The maximum Gasteiger partial charge on any atom is 0.103 e. The standard InChI is InChI=1S/C9H10NS/c1-6-4-8-5-7(2)11-9(8)10(6)3/h5H,1-3H3. The van der Waals surface area contributed by atoms with Crippen LogP contribution in [0.5, 0.6) is 0 Å². The zero-order valence-electron chi connectivity index (χ0n) is 6.93. The highest BCUT2D eigenvalue weighted by molar-refractivity contribution is 7.18. The summed E-state index contributed by atoms with van der Waals surface area (Å²) in [6, 6.07) is 5.51. The molecule has 0 bridgehead atoms. The van der Waals surface area contributed by atoms with Crippen molar-refractivity contribution in [3.63, 3.8) is 0 Å². The van der Waals surface area contributed by atoms with Gasteiger partial charge in [-0.05, 0) is 19.9 Å². The predicted molar refractivity (Wildman–Crippen MR) is 49.1 cm³/mol. The lowest BCUT2D eigenvalue weighted by atomic mass is 10.3. The van der Waals surface area contributed by atoms with Crippen molar-refractivity contribution in [2.45, 2.75) is 13.8 Å². The molecule has 0 saturated heterocycles. The Morgan fingerprint density at radius 1 is 1.45 bits per heavy atom. The molecule has 0 unspecified atom stereocenters. The van der Waals surface area contributed by atoms with Crippen LogP contribution in [0.4, 0.5) is 0 Å². The zero-order chi connectivity index (χ0) is 8.01. The smallest absolute Gasteiger partial charge is 0.103 e. The molecule has 0 aromatic carbocycles. The summed E-state index contributed by atoms with van der Waals surface area (Å²) in [5, 5.41) is 1.26. The van der Waals surface area contributed by atoms with E-state index in [1.165, 1.54) is 20.8 Å². The highest BCUT2D eigenvalue weighted by atomic mass is 32.1. The number of hydrogen-bond donors (Lipinski definition) is 0. The minimum atomic E-state index is 1.21. The Labute approximate surface area is 70.3 Å². The van der Waals surface area contributed by atoms with Crippen LogP contribution in [0.25, 0.3) is 10.2 Å². The van der Waals surface area contributed by atoms with Crippen molar-refractivity contribution in [2.24, 2.45) is 7.05 Å². The number of fused-ring (bicyclic) bond motifs is 1. The molecular weight excluding hydrogens is 154 g/mol. The maximum absolute atomic E-state index is 3.32. The van der Waals surface area contributed by atoms with Crippen molar-refractivity contribution in [1.82, 2.24) is 4.57 Å². The van der Waals surface area contributed by atoms with E-state index in [2.05, 4.69) is 37.6 Å². The number of thiophene rings is 1. The van der Waals surface area contributed by atoms with E-state index >= 15 is 0 Å². The largest absolute Gasteiger partial charge is 0.339 e. The Bertz CT molecular complexity index is 395. The van der Waals surface area contributed by atoms with Crippen LogP contribution in [0.2, 0.25) is 0 Å². The molecule has 0 atom stereocenters. The van der Waals surface area contributed by atoms with Gasteiger partial charge in [0.25, 0.3) is 0 Å². The second-order valence-electron chi connectivity index (χ2n) is 2.85.